The van der Waals surface area contributed by atoms with Crippen LogP contribution in [0.3, 0.4) is 0 Å². The van der Waals surface area contributed by atoms with Gasteiger partial charge in [0.25, 0.3) is 5.91 Å². The van der Waals surface area contributed by atoms with Crippen molar-refractivity contribution in [3.05, 3.63) is 47.5 Å². The van der Waals surface area contributed by atoms with Crippen LogP contribution in [0, 0.1) is 5.92 Å². The molecule has 0 unspecified atom stereocenters. The number of rotatable bonds is 9. The Kier molecular flexibility index (Phi) is 7.34. The van der Waals surface area contributed by atoms with Gasteiger partial charge in [0.15, 0.2) is 11.5 Å². The van der Waals surface area contributed by atoms with Gasteiger partial charge in [-0.15, -0.1) is 0 Å². The number of methoxy groups -OCH3 is 3. The first-order chi connectivity index (χ1) is 13.0. The predicted octanol–water partition coefficient (Wildman–Crippen LogP) is 3.68. The number of benzene rings is 2. The van der Waals surface area contributed by atoms with Crippen LogP contribution in [0.5, 0.6) is 23.0 Å². The maximum atomic E-state index is 12.5. The SMILES string of the molecule is COc1cc(OC)c(OC)cc1CNC(=O)c1cccc(OCC(C)C)c1. The van der Waals surface area contributed by atoms with Crippen LogP contribution in [0.15, 0.2) is 36.4 Å². The smallest absolute Gasteiger partial charge is 0.251 e. The van der Waals surface area contributed by atoms with Crippen molar-refractivity contribution in [2.75, 3.05) is 27.9 Å². The first-order valence-corrected chi connectivity index (χ1v) is 8.78. The maximum Gasteiger partial charge on any atom is 0.251 e. The lowest BCUT2D eigenvalue weighted by Crippen LogP contribution is -2.23. The molecule has 6 heteroatoms. The van der Waals surface area contributed by atoms with E-state index < -0.39 is 0 Å². The van der Waals surface area contributed by atoms with E-state index in [1.54, 1.807) is 45.6 Å². The molecule has 0 radical (unpaired) electrons. The van der Waals surface area contributed by atoms with E-state index in [1.807, 2.05) is 12.1 Å². The highest BCUT2D eigenvalue weighted by atomic mass is 16.5. The van der Waals surface area contributed by atoms with E-state index in [2.05, 4.69) is 19.2 Å². The van der Waals surface area contributed by atoms with E-state index >= 15 is 0 Å². The fraction of sp³-hybridized carbons (Fsp3) is 0.381. The van der Waals surface area contributed by atoms with Crippen LogP contribution in [0.25, 0.3) is 0 Å². The number of carbonyl (C=O) groups is 1. The minimum Gasteiger partial charge on any atom is -0.496 e. The van der Waals surface area contributed by atoms with Crippen LogP contribution in [0.2, 0.25) is 0 Å². The second kappa shape index (κ2) is 9.71. The van der Waals surface area contributed by atoms with Crippen LogP contribution >= 0.6 is 0 Å². The second-order valence-corrected chi connectivity index (χ2v) is 6.43. The van der Waals surface area contributed by atoms with Crippen molar-refractivity contribution < 1.29 is 23.7 Å². The quantitative estimate of drug-likeness (QED) is 0.726. The van der Waals surface area contributed by atoms with Crippen molar-refractivity contribution in [3.8, 4) is 23.0 Å². The van der Waals surface area contributed by atoms with Crippen molar-refractivity contribution in [1.29, 1.82) is 0 Å². The standard InChI is InChI=1S/C21H27NO5/c1-14(2)13-27-17-8-6-7-15(9-17)21(23)22-12-16-10-19(25-4)20(26-5)11-18(16)24-3/h6-11,14H,12-13H2,1-5H3,(H,22,23). The Morgan fingerprint density at radius 2 is 1.63 bits per heavy atom. The normalized spacial score (nSPS) is 10.4. The van der Waals surface area contributed by atoms with Crippen LogP contribution in [0.4, 0.5) is 0 Å². The van der Waals surface area contributed by atoms with Gasteiger partial charge in [0.2, 0.25) is 0 Å². The maximum absolute atomic E-state index is 12.5. The summed E-state index contributed by atoms with van der Waals surface area (Å²) in [5, 5.41) is 2.90. The van der Waals surface area contributed by atoms with Crippen molar-refractivity contribution >= 4 is 5.91 Å². The minimum absolute atomic E-state index is 0.193. The highest BCUT2D eigenvalue weighted by Crippen LogP contribution is 2.34. The topological polar surface area (TPSA) is 66.0 Å². The monoisotopic (exact) mass is 373 g/mol. The fourth-order valence-corrected chi connectivity index (χ4v) is 2.50. The molecule has 2 rings (SSSR count). The van der Waals surface area contributed by atoms with E-state index in [1.165, 1.54) is 0 Å². The Morgan fingerprint density at radius 3 is 2.26 bits per heavy atom. The molecule has 2 aromatic rings. The lowest BCUT2D eigenvalue weighted by atomic mass is 10.1. The first kappa shape index (κ1) is 20.4. The Bertz CT molecular complexity index is 773. The molecule has 0 aliphatic carbocycles. The molecule has 1 amide bonds. The van der Waals surface area contributed by atoms with Crippen LogP contribution < -0.4 is 24.3 Å². The highest BCUT2D eigenvalue weighted by molar-refractivity contribution is 5.94. The molecular formula is C21H27NO5. The summed E-state index contributed by atoms with van der Waals surface area (Å²) in [6.45, 7) is 5.05. The van der Waals surface area contributed by atoms with E-state index in [0.717, 1.165) is 5.56 Å². The molecule has 146 valence electrons. The molecule has 1 N–H and O–H groups in total. The third kappa shape index (κ3) is 5.54. The molecule has 0 fully saturated rings. The first-order valence-electron chi connectivity index (χ1n) is 8.78. The molecule has 0 saturated carbocycles. The zero-order valence-electron chi connectivity index (χ0n) is 16.5. The number of amides is 1. The summed E-state index contributed by atoms with van der Waals surface area (Å²) in [5.41, 5.74) is 1.33. The summed E-state index contributed by atoms with van der Waals surface area (Å²) in [7, 11) is 4.70. The van der Waals surface area contributed by atoms with E-state index in [9.17, 15) is 4.79 Å². The van der Waals surface area contributed by atoms with Crippen molar-refractivity contribution in [2.45, 2.75) is 20.4 Å². The van der Waals surface area contributed by atoms with Crippen molar-refractivity contribution in [2.24, 2.45) is 5.92 Å². The molecule has 0 bridgehead atoms. The van der Waals surface area contributed by atoms with E-state index in [4.69, 9.17) is 18.9 Å². The summed E-state index contributed by atoms with van der Waals surface area (Å²) >= 11 is 0. The zero-order chi connectivity index (χ0) is 19.8. The number of hydrogen-bond donors (Lipinski definition) is 1. The molecule has 27 heavy (non-hydrogen) atoms. The predicted molar refractivity (Wildman–Crippen MR) is 104 cm³/mol. The molecule has 0 aliphatic rings. The van der Waals surface area contributed by atoms with E-state index in [0.29, 0.717) is 47.6 Å². The van der Waals surface area contributed by atoms with Crippen molar-refractivity contribution in [1.82, 2.24) is 5.32 Å². The third-order valence-corrected chi connectivity index (χ3v) is 3.91. The summed E-state index contributed by atoms with van der Waals surface area (Å²) in [6, 6.07) is 10.7. The van der Waals surface area contributed by atoms with Crippen LogP contribution in [0.1, 0.15) is 29.8 Å². The third-order valence-electron chi connectivity index (χ3n) is 3.91. The largest absolute Gasteiger partial charge is 0.496 e. The lowest BCUT2D eigenvalue weighted by molar-refractivity contribution is 0.0950. The Morgan fingerprint density at radius 1 is 0.963 bits per heavy atom. The Hall–Kier alpha value is -2.89. The van der Waals surface area contributed by atoms with Gasteiger partial charge in [-0.2, -0.15) is 0 Å². The summed E-state index contributed by atoms with van der Waals surface area (Å²) in [6.07, 6.45) is 0. The van der Waals surface area contributed by atoms with Gasteiger partial charge in [-0.3, -0.25) is 4.79 Å². The fourth-order valence-electron chi connectivity index (χ4n) is 2.50. The van der Waals surface area contributed by atoms with Gasteiger partial charge in [-0.1, -0.05) is 19.9 Å². The lowest BCUT2D eigenvalue weighted by Gasteiger charge is -2.15. The number of hydrogen-bond acceptors (Lipinski definition) is 5. The summed E-state index contributed by atoms with van der Waals surface area (Å²) in [4.78, 5) is 12.5. The Labute approximate surface area is 160 Å². The molecule has 0 aliphatic heterocycles. The minimum atomic E-state index is -0.193. The zero-order valence-corrected chi connectivity index (χ0v) is 16.5. The van der Waals surface area contributed by atoms with Gasteiger partial charge < -0.3 is 24.3 Å². The molecule has 0 spiro atoms. The average molecular weight is 373 g/mol. The van der Waals surface area contributed by atoms with Gasteiger partial charge in [-0.05, 0) is 30.2 Å². The average Bonchev–Trinajstić information content (AvgIpc) is 2.69. The van der Waals surface area contributed by atoms with Gasteiger partial charge >= 0.3 is 0 Å². The van der Waals surface area contributed by atoms with Gasteiger partial charge in [0.1, 0.15) is 11.5 Å². The van der Waals surface area contributed by atoms with Crippen LogP contribution in [-0.4, -0.2) is 33.8 Å². The highest BCUT2D eigenvalue weighted by Gasteiger charge is 2.13. The van der Waals surface area contributed by atoms with Crippen LogP contribution in [-0.2, 0) is 6.54 Å². The number of carbonyl (C=O) groups excluding carboxylic acids is 1. The molecule has 2 aromatic carbocycles. The van der Waals surface area contributed by atoms with Gasteiger partial charge in [-0.25, -0.2) is 0 Å². The molecular weight excluding hydrogens is 346 g/mol. The van der Waals surface area contributed by atoms with Crippen molar-refractivity contribution in [3.63, 3.8) is 0 Å². The summed E-state index contributed by atoms with van der Waals surface area (Å²) in [5.74, 6) is 2.66. The summed E-state index contributed by atoms with van der Waals surface area (Å²) < 4.78 is 21.7. The molecule has 0 atom stereocenters. The molecule has 0 saturated heterocycles. The molecule has 6 nitrogen and oxygen atoms in total. The second-order valence-electron chi connectivity index (χ2n) is 6.43. The molecule has 0 heterocycles. The Balaban J connectivity index is 2.10. The molecule has 0 aromatic heterocycles. The van der Waals surface area contributed by atoms with Gasteiger partial charge in [0, 0.05) is 23.7 Å². The number of ether oxygens (including phenoxy) is 4. The van der Waals surface area contributed by atoms with E-state index in [-0.39, 0.29) is 5.91 Å². The number of nitrogens with one attached hydrogen (secondary N) is 1. The van der Waals surface area contributed by atoms with Gasteiger partial charge in [0.05, 0.1) is 27.9 Å².